The number of rotatable bonds is 4. The molecule has 0 spiro atoms. The molecule has 2 N–H and O–H groups in total. The highest BCUT2D eigenvalue weighted by Gasteiger charge is 2.33. The number of amides is 1. The number of nitrogens with zero attached hydrogens (tertiary/aromatic N) is 1. The van der Waals surface area contributed by atoms with Gasteiger partial charge in [-0.2, -0.15) is 13.2 Å². The molecule has 11 heteroatoms. The standard InChI is InChI=1S/C14H8Cl2F3N3O3/c15-8-2-3-9(10(16)6-8)13(23)21-20-11-4-1-7(14(17,18)19)5-12(11)22(24)25/h1-6,20H,(H,21,23). The number of anilines is 1. The highest BCUT2D eigenvalue weighted by Crippen LogP contribution is 2.34. The smallest absolute Gasteiger partial charge is 0.292 e. The molecule has 0 heterocycles. The molecule has 0 aliphatic carbocycles. The lowest BCUT2D eigenvalue weighted by molar-refractivity contribution is -0.384. The average Bonchev–Trinajstić information content (AvgIpc) is 2.51. The minimum atomic E-state index is -4.73. The number of alkyl halides is 3. The Bertz CT molecular complexity index is 844. The molecule has 2 aromatic carbocycles. The molecule has 0 aromatic heterocycles. The number of carbonyl (C=O) groups is 1. The molecule has 0 saturated heterocycles. The van der Waals surface area contributed by atoms with Crippen molar-refractivity contribution in [1.29, 1.82) is 0 Å². The van der Waals surface area contributed by atoms with Crippen molar-refractivity contribution in [3.63, 3.8) is 0 Å². The predicted molar refractivity (Wildman–Crippen MR) is 85.6 cm³/mol. The summed E-state index contributed by atoms with van der Waals surface area (Å²) in [6, 6.07) is 5.90. The fourth-order valence-electron chi connectivity index (χ4n) is 1.83. The first-order valence-corrected chi connectivity index (χ1v) is 7.22. The van der Waals surface area contributed by atoms with E-state index in [1.54, 1.807) is 0 Å². The van der Waals surface area contributed by atoms with Crippen LogP contribution in [0.2, 0.25) is 10.0 Å². The van der Waals surface area contributed by atoms with Crippen LogP contribution in [0.1, 0.15) is 15.9 Å². The zero-order valence-electron chi connectivity index (χ0n) is 12.0. The maximum atomic E-state index is 12.6. The molecule has 0 radical (unpaired) electrons. The van der Waals surface area contributed by atoms with Crippen LogP contribution in [0.25, 0.3) is 0 Å². The van der Waals surface area contributed by atoms with Crippen LogP contribution in [-0.4, -0.2) is 10.8 Å². The van der Waals surface area contributed by atoms with Gasteiger partial charge in [-0.05, 0) is 30.3 Å². The molecule has 0 fully saturated rings. The second-order valence-electron chi connectivity index (χ2n) is 4.69. The highest BCUT2D eigenvalue weighted by atomic mass is 35.5. The number of benzene rings is 2. The Morgan fingerprint density at radius 2 is 1.80 bits per heavy atom. The van der Waals surface area contributed by atoms with Crippen LogP contribution >= 0.6 is 23.2 Å². The van der Waals surface area contributed by atoms with E-state index in [0.717, 1.165) is 6.07 Å². The van der Waals surface area contributed by atoms with Gasteiger partial charge in [-0.15, -0.1) is 0 Å². The molecule has 132 valence electrons. The molecule has 2 aromatic rings. The van der Waals surface area contributed by atoms with Gasteiger partial charge in [0.25, 0.3) is 11.6 Å². The van der Waals surface area contributed by atoms with Gasteiger partial charge in [-0.1, -0.05) is 23.2 Å². The molecule has 6 nitrogen and oxygen atoms in total. The van der Waals surface area contributed by atoms with Crippen molar-refractivity contribution in [2.75, 3.05) is 5.43 Å². The summed E-state index contributed by atoms with van der Waals surface area (Å²) in [6.07, 6.45) is -4.73. The number of carbonyl (C=O) groups excluding carboxylic acids is 1. The van der Waals surface area contributed by atoms with E-state index in [2.05, 4.69) is 10.9 Å². The number of halogens is 5. The van der Waals surface area contributed by atoms with Gasteiger partial charge >= 0.3 is 6.18 Å². The van der Waals surface area contributed by atoms with E-state index in [1.165, 1.54) is 18.2 Å². The van der Waals surface area contributed by atoms with Crippen LogP contribution in [0.4, 0.5) is 24.5 Å². The Balaban J connectivity index is 2.22. The number of nitro benzene ring substituents is 1. The van der Waals surface area contributed by atoms with Crippen LogP contribution in [0.3, 0.4) is 0 Å². The van der Waals surface area contributed by atoms with Crippen LogP contribution < -0.4 is 10.9 Å². The van der Waals surface area contributed by atoms with E-state index in [1.807, 2.05) is 0 Å². The second kappa shape index (κ2) is 7.16. The number of nitro groups is 1. The number of hydrogen-bond acceptors (Lipinski definition) is 4. The first kappa shape index (κ1) is 18.8. The maximum Gasteiger partial charge on any atom is 0.416 e. The Morgan fingerprint density at radius 1 is 1.12 bits per heavy atom. The molecular weight excluding hydrogens is 386 g/mol. The van der Waals surface area contributed by atoms with Gasteiger partial charge in [0.2, 0.25) is 0 Å². The highest BCUT2D eigenvalue weighted by molar-refractivity contribution is 6.36. The maximum absolute atomic E-state index is 12.6. The van der Waals surface area contributed by atoms with Crippen LogP contribution in [0.5, 0.6) is 0 Å². The van der Waals surface area contributed by atoms with Gasteiger partial charge in [-0.3, -0.25) is 25.8 Å². The quantitative estimate of drug-likeness (QED) is 0.583. The minimum Gasteiger partial charge on any atom is -0.292 e. The molecule has 0 bridgehead atoms. The average molecular weight is 394 g/mol. The van der Waals surface area contributed by atoms with Crippen LogP contribution in [0, 0.1) is 10.1 Å². The molecule has 0 aliphatic rings. The SMILES string of the molecule is O=C(NNc1ccc(C(F)(F)F)cc1[N+](=O)[O-])c1ccc(Cl)cc1Cl. The summed E-state index contributed by atoms with van der Waals surface area (Å²) in [7, 11) is 0. The minimum absolute atomic E-state index is 0.0214. The molecule has 0 aliphatic heterocycles. The summed E-state index contributed by atoms with van der Waals surface area (Å²) in [4.78, 5) is 22.0. The van der Waals surface area contributed by atoms with Crippen LogP contribution in [0.15, 0.2) is 36.4 Å². The number of hydrazine groups is 1. The predicted octanol–water partition coefficient (Wildman–Crippen LogP) is 4.68. The first-order valence-electron chi connectivity index (χ1n) is 6.46. The van der Waals surface area contributed by atoms with E-state index in [9.17, 15) is 28.1 Å². The van der Waals surface area contributed by atoms with Crippen molar-refractivity contribution in [2.24, 2.45) is 0 Å². The third-order valence-corrected chi connectivity index (χ3v) is 3.56. The fraction of sp³-hybridized carbons (Fsp3) is 0.0714. The van der Waals surface area contributed by atoms with Gasteiger partial charge in [0.15, 0.2) is 0 Å². The van der Waals surface area contributed by atoms with Gasteiger partial charge in [-0.25, -0.2) is 0 Å². The van der Waals surface area contributed by atoms with Gasteiger partial charge in [0, 0.05) is 11.1 Å². The molecule has 1 amide bonds. The lowest BCUT2D eigenvalue weighted by Gasteiger charge is -2.12. The summed E-state index contributed by atoms with van der Waals surface area (Å²) < 4.78 is 37.9. The lowest BCUT2D eigenvalue weighted by atomic mass is 10.1. The molecule has 0 unspecified atom stereocenters. The Kier molecular flexibility index (Phi) is 5.39. The second-order valence-corrected chi connectivity index (χ2v) is 5.53. The van der Waals surface area contributed by atoms with E-state index in [4.69, 9.17) is 23.2 Å². The Hall–Kier alpha value is -2.52. The third kappa shape index (κ3) is 4.52. The summed E-state index contributed by atoms with van der Waals surface area (Å²) in [6.45, 7) is 0. The monoisotopic (exact) mass is 393 g/mol. The summed E-state index contributed by atoms with van der Waals surface area (Å²) in [5, 5.41) is 11.3. The van der Waals surface area contributed by atoms with Gasteiger partial charge < -0.3 is 0 Å². The fourth-order valence-corrected chi connectivity index (χ4v) is 2.32. The van der Waals surface area contributed by atoms with E-state index < -0.39 is 28.3 Å². The summed E-state index contributed by atoms with van der Waals surface area (Å²) in [5.41, 5.74) is 2.01. The Labute approximate surface area is 148 Å². The molecule has 2 rings (SSSR count). The zero-order chi connectivity index (χ0) is 18.8. The number of nitrogens with one attached hydrogen (secondary N) is 2. The van der Waals surface area contributed by atoms with E-state index >= 15 is 0 Å². The van der Waals surface area contributed by atoms with Crippen molar-refractivity contribution in [2.45, 2.75) is 6.18 Å². The largest absolute Gasteiger partial charge is 0.416 e. The molecular formula is C14H8Cl2F3N3O3. The normalized spacial score (nSPS) is 11.1. The molecule has 0 atom stereocenters. The van der Waals surface area contributed by atoms with Crippen molar-refractivity contribution < 1.29 is 22.9 Å². The summed E-state index contributed by atoms with van der Waals surface area (Å²) in [5.74, 6) is -0.754. The van der Waals surface area contributed by atoms with Gasteiger partial charge in [0.05, 0.1) is 21.1 Å². The lowest BCUT2D eigenvalue weighted by Crippen LogP contribution is -2.30. The summed E-state index contributed by atoms with van der Waals surface area (Å²) >= 11 is 11.6. The van der Waals surface area contributed by atoms with Crippen molar-refractivity contribution in [3.05, 3.63) is 67.7 Å². The topological polar surface area (TPSA) is 84.3 Å². The van der Waals surface area contributed by atoms with E-state index in [-0.39, 0.29) is 16.3 Å². The Morgan fingerprint density at radius 3 is 2.36 bits per heavy atom. The number of hydrogen-bond donors (Lipinski definition) is 2. The van der Waals surface area contributed by atoms with Crippen molar-refractivity contribution >= 4 is 40.5 Å². The molecule has 0 saturated carbocycles. The van der Waals surface area contributed by atoms with Crippen molar-refractivity contribution in [3.8, 4) is 0 Å². The van der Waals surface area contributed by atoms with Crippen molar-refractivity contribution in [1.82, 2.24) is 5.43 Å². The zero-order valence-corrected chi connectivity index (χ0v) is 13.5. The first-order chi connectivity index (χ1) is 11.6. The molecule has 25 heavy (non-hydrogen) atoms. The van der Waals surface area contributed by atoms with E-state index in [0.29, 0.717) is 17.2 Å². The van der Waals surface area contributed by atoms with Crippen LogP contribution in [-0.2, 0) is 6.18 Å². The van der Waals surface area contributed by atoms with Gasteiger partial charge in [0.1, 0.15) is 5.69 Å². The third-order valence-electron chi connectivity index (χ3n) is 3.01.